The summed E-state index contributed by atoms with van der Waals surface area (Å²) >= 11 is 1.91. The smallest absolute Gasteiger partial charge is 0.132 e. The summed E-state index contributed by atoms with van der Waals surface area (Å²) in [5.74, 6) is 2.97. The van der Waals surface area contributed by atoms with Crippen LogP contribution in [-0.2, 0) is 0 Å². The van der Waals surface area contributed by atoms with Crippen LogP contribution in [0.2, 0.25) is 0 Å². The summed E-state index contributed by atoms with van der Waals surface area (Å²) < 4.78 is 5.42. The molecule has 0 heterocycles. The van der Waals surface area contributed by atoms with E-state index >= 15 is 0 Å². The Labute approximate surface area is 121 Å². The maximum absolute atomic E-state index is 5.42. The molecule has 3 heteroatoms. The van der Waals surface area contributed by atoms with Gasteiger partial charge in [0, 0.05) is 16.7 Å². The highest BCUT2D eigenvalue weighted by atomic mass is 32.2. The first-order chi connectivity index (χ1) is 9.35. The molecule has 0 spiro atoms. The molecule has 1 saturated carbocycles. The molecule has 1 unspecified atom stereocenters. The van der Waals surface area contributed by atoms with Crippen LogP contribution in [0, 0.1) is 5.92 Å². The van der Waals surface area contributed by atoms with Gasteiger partial charge in [0.25, 0.3) is 0 Å². The van der Waals surface area contributed by atoms with Crippen LogP contribution in [-0.4, -0.2) is 26.0 Å². The van der Waals surface area contributed by atoms with Crippen LogP contribution in [0.5, 0.6) is 5.75 Å². The van der Waals surface area contributed by atoms with Gasteiger partial charge in [-0.05, 0) is 37.9 Å². The highest BCUT2D eigenvalue weighted by Gasteiger charge is 2.22. The molecule has 0 aromatic heterocycles. The van der Waals surface area contributed by atoms with E-state index in [2.05, 4.69) is 24.5 Å². The molecule has 1 fully saturated rings. The summed E-state index contributed by atoms with van der Waals surface area (Å²) in [4.78, 5) is 1.25. The van der Waals surface area contributed by atoms with E-state index in [1.165, 1.54) is 37.0 Å². The minimum Gasteiger partial charge on any atom is -0.496 e. The third-order valence-corrected chi connectivity index (χ3v) is 5.25. The zero-order valence-electron chi connectivity index (χ0n) is 12.0. The lowest BCUT2D eigenvalue weighted by molar-refractivity contribution is 0.294. The average Bonchev–Trinajstić information content (AvgIpc) is 2.49. The number of para-hydroxylation sites is 1. The van der Waals surface area contributed by atoms with Crippen molar-refractivity contribution in [1.29, 1.82) is 0 Å². The van der Waals surface area contributed by atoms with Crippen LogP contribution in [0.25, 0.3) is 0 Å². The van der Waals surface area contributed by atoms with E-state index in [1.54, 1.807) is 7.11 Å². The van der Waals surface area contributed by atoms with Crippen molar-refractivity contribution in [3.8, 4) is 5.75 Å². The second kappa shape index (κ2) is 7.81. The van der Waals surface area contributed by atoms with Crippen molar-refractivity contribution in [2.24, 2.45) is 5.92 Å². The third-order valence-electron chi connectivity index (χ3n) is 4.08. The highest BCUT2D eigenvalue weighted by Crippen LogP contribution is 2.33. The van der Waals surface area contributed by atoms with Gasteiger partial charge >= 0.3 is 0 Å². The van der Waals surface area contributed by atoms with Crippen molar-refractivity contribution >= 4 is 11.8 Å². The Morgan fingerprint density at radius 1 is 1.26 bits per heavy atom. The van der Waals surface area contributed by atoms with Crippen LogP contribution >= 0.6 is 11.8 Å². The fraction of sp³-hybridized carbons (Fsp3) is 0.625. The maximum atomic E-state index is 5.42. The van der Waals surface area contributed by atoms with Gasteiger partial charge in [0.05, 0.1) is 7.11 Å². The van der Waals surface area contributed by atoms with Crippen LogP contribution in [0.4, 0.5) is 0 Å². The minimum absolute atomic E-state index is 0.621. The minimum atomic E-state index is 0.621. The van der Waals surface area contributed by atoms with Crippen LogP contribution in [0.1, 0.15) is 32.1 Å². The monoisotopic (exact) mass is 279 g/mol. The van der Waals surface area contributed by atoms with Crippen LogP contribution in [0.3, 0.4) is 0 Å². The summed E-state index contributed by atoms with van der Waals surface area (Å²) in [5, 5.41) is 3.52. The van der Waals surface area contributed by atoms with E-state index in [4.69, 9.17) is 4.74 Å². The molecule has 2 nitrogen and oxygen atoms in total. The fourth-order valence-electron chi connectivity index (χ4n) is 2.91. The summed E-state index contributed by atoms with van der Waals surface area (Å²) in [7, 11) is 3.85. The molecule has 106 valence electrons. The first-order valence-corrected chi connectivity index (χ1v) is 8.26. The molecular weight excluding hydrogens is 254 g/mol. The quantitative estimate of drug-likeness (QED) is 0.797. The van der Waals surface area contributed by atoms with E-state index in [1.807, 2.05) is 23.9 Å². The van der Waals surface area contributed by atoms with E-state index in [0.29, 0.717) is 6.04 Å². The van der Waals surface area contributed by atoms with Gasteiger partial charge in [0.1, 0.15) is 5.75 Å². The van der Waals surface area contributed by atoms with Crippen molar-refractivity contribution in [2.75, 3.05) is 19.9 Å². The van der Waals surface area contributed by atoms with E-state index in [-0.39, 0.29) is 0 Å². The van der Waals surface area contributed by atoms with Crippen molar-refractivity contribution in [3.63, 3.8) is 0 Å². The van der Waals surface area contributed by atoms with Gasteiger partial charge in [-0.15, -0.1) is 11.8 Å². The van der Waals surface area contributed by atoms with Crippen molar-refractivity contribution in [2.45, 2.75) is 43.0 Å². The Morgan fingerprint density at radius 2 is 2.00 bits per heavy atom. The Balaban J connectivity index is 1.91. The van der Waals surface area contributed by atoms with E-state index in [0.717, 1.165) is 17.4 Å². The number of thioether (sulfide) groups is 1. The normalized spacial score (nSPS) is 18.2. The molecule has 1 aliphatic carbocycles. The lowest BCUT2D eigenvalue weighted by Gasteiger charge is -2.30. The van der Waals surface area contributed by atoms with Crippen molar-refractivity contribution < 1.29 is 4.74 Å². The maximum Gasteiger partial charge on any atom is 0.132 e. The number of ether oxygens (including phenoxy) is 1. The molecular formula is C16H25NOS. The van der Waals surface area contributed by atoms with Crippen LogP contribution < -0.4 is 10.1 Å². The number of methoxy groups -OCH3 is 1. The predicted molar refractivity (Wildman–Crippen MR) is 83.1 cm³/mol. The Hall–Kier alpha value is -0.670. The molecule has 1 aromatic carbocycles. The summed E-state index contributed by atoms with van der Waals surface area (Å²) in [6, 6.07) is 8.92. The average molecular weight is 279 g/mol. The SMILES string of the molecule is CNC(CSc1ccccc1OC)C1CCCCC1. The summed E-state index contributed by atoms with van der Waals surface area (Å²) in [6.07, 6.45) is 7.01. The van der Waals surface area contributed by atoms with Crippen molar-refractivity contribution in [3.05, 3.63) is 24.3 Å². The Kier molecular flexibility index (Phi) is 6.05. The lowest BCUT2D eigenvalue weighted by Crippen LogP contribution is -2.36. The predicted octanol–water partition coefficient (Wildman–Crippen LogP) is 3.96. The van der Waals surface area contributed by atoms with Gasteiger partial charge in [0.15, 0.2) is 0 Å². The van der Waals surface area contributed by atoms with Gasteiger partial charge < -0.3 is 10.1 Å². The molecule has 0 radical (unpaired) electrons. The lowest BCUT2D eigenvalue weighted by atomic mass is 9.84. The first-order valence-electron chi connectivity index (χ1n) is 7.28. The number of nitrogens with one attached hydrogen (secondary N) is 1. The second-order valence-corrected chi connectivity index (χ2v) is 6.32. The molecule has 1 aromatic rings. The second-order valence-electron chi connectivity index (χ2n) is 5.26. The Morgan fingerprint density at radius 3 is 2.68 bits per heavy atom. The molecule has 1 N–H and O–H groups in total. The standard InChI is InChI=1S/C16H25NOS/c1-17-14(13-8-4-3-5-9-13)12-19-16-11-7-6-10-15(16)18-2/h6-7,10-11,13-14,17H,3-5,8-9,12H2,1-2H3. The molecule has 0 aliphatic heterocycles. The molecule has 19 heavy (non-hydrogen) atoms. The molecule has 0 bridgehead atoms. The summed E-state index contributed by atoms with van der Waals surface area (Å²) in [6.45, 7) is 0. The topological polar surface area (TPSA) is 21.3 Å². The summed E-state index contributed by atoms with van der Waals surface area (Å²) in [5.41, 5.74) is 0. The van der Waals surface area contributed by atoms with Crippen molar-refractivity contribution in [1.82, 2.24) is 5.32 Å². The fourth-order valence-corrected chi connectivity index (χ4v) is 4.18. The zero-order valence-corrected chi connectivity index (χ0v) is 12.8. The number of hydrogen-bond donors (Lipinski definition) is 1. The van der Waals surface area contributed by atoms with Gasteiger partial charge in [-0.3, -0.25) is 0 Å². The van der Waals surface area contributed by atoms with Crippen LogP contribution in [0.15, 0.2) is 29.2 Å². The van der Waals surface area contributed by atoms with E-state index < -0.39 is 0 Å². The number of hydrogen-bond acceptors (Lipinski definition) is 3. The van der Waals surface area contributed by atoms with E-state index in [9.17, 15) is 0 Å². The highest BCUT2D eigenvalue weighted by molar-refractivity contribution is 7.99. The largest absolute Gasteiger partial charge is 0.496 e. The Bertz CT molecular complexity index is 377. The molecule has 0 amide bonds. The van der Waals surface area contributed by atoms with Gasteiger partial charge in [-0.25, -0.2) is 0 Å². The molecule has 2 rings (SSSR count). The molecule has 0 saturated heterocycles. The van der Waals surface area contributed by atoms with Gasteiger partial charge in [-0.2, -0.15) is 0 Å². The number of benzene rings is 1. The molecule has 1 atom stereocenters. The zero-order chi connectivity index (χ0) is 13.5. The number of rotatable bonds is 6. The van der Waals surface area contributed by atoms with Gasteiger partial charge in [0.2, 0.25) is 0 Å². The van der Waals surface area contributed by atoms with Gasteiger partial charge in [-0.1, -0.05) is 31.4 Å². The first kappa shape index (κ1) is 14.7. The molecule has 1 aliphatic rings. The third kappa shape index (κ3) is 4.15.